The number of hydrogen-bond acceptors (Lipinski definition) is 3. The van der Waals surface area contributed by atoms with Gasteiger partial charge in [0.15, 0.2) is 0 Å². The van der Waals surface area contributed by atoms with Gasteiger partial charge in [0, 0.05) is 6.54 Å². The summed E-state index contributed by atoms with van der Waals surface area (Å²) in [6.45, 7) is 11.4. The molecule has 2 aromatic carbocycles. The van der Waals surface area contributed by atoms with Gasteiger partial charge in [-0.1, -0.05) is 73.4 Å². The molecule has 4 rings (SSSR count). The highest BCUT2D eigenvalue weighted by Gasteiger charge is 2.38. The van der Waals surface area contributed by atoms with Crippen molar-refractivity contribution in [1.29, 1.82) is 0 Å². The molecule has 1 saturated carbocycles. The topological polar surface area (TPSA) is 24.8 Å². The summed E-state index contributed by atoms with van der Waals surface area (Å²) in [7, 11) is 1.73. The molecule has 34 heavy (non-hydrogen) atoms. The third-order valence-corrected chi connectivity index (χ3v) is 7.61. The van der Waals surface area contributed by atoms with Crippen molar-refractivity contribution >= 4 is 5.71 Å². The number of rotatable bonds is 10. The highest BCUT2D eigenvalue weighted by atomic mass is 16.5. The van der Waals surface area contributed by atoms with Crippen LogP contribution in [0, 0.1) is 11.8 Å². The first-order valence-corrected chi connectivity index (χ1v) is 12.9. The van der Waals surface area contributed by atoms with E-state index in [1.165, 1.54) is 61.6 Å². The van der Waals surface area contributed by atoms with Gasteiger partial charge in [-0.25, -0.2) is 0 Å². The van der Waals surface area contributed by atoms with E-state index in [9.17, 15) is 0 Å². The second kappa shape index (κ2) is 11.6. The SMILES string of the molecule is C=CC1C(c2cccc(OC)c2)C(c2ccccc2)=NN1CC1CCC(CCCC(=C)C)CC1. The molecular weight excluding hydrogens is 416 g/mol. The lowest BCUT2D eigenvalue weighted by Gasteiger charge is -2.33. The summed E-state index contributed by atoms with van der Waals surface area (Å²) in [6, 6.07) is 19.2. The Morgan fingerprint density at radius 2 is 1.79 bits per heavy atom. The largest absolute Gasteiger partial charge is 0.497 e. The van der Waals surface area contributed by atoms with Gasteiger partial charge in [-0.2, -0.15) is 5.10 Å². The molecule has 0 aromatic heterocycles. The van der Waals surface area contributed by atoms with Crippen molar-refractivity contribution < 1.29 is 4.74 Å². The molecule has 2 aromatic rings. The second-order valence-corrected chi connectivity index (χ2v) is 10.2. The van der Waals surface area contributed by atoms with Gasteiger partial charge in [0.05, 0.1) is 24.8 Å². The molecule has 1 fully saturated rings. The van der Waals surface area contributed by atoms with Crippen LogP contribution in [0.3, 0.4) is 0 Å². The summed E-state index contributed by atoms with van der Waals surface area (Å²) in [5, 5.41) is 7.56. The first-order chi connectivity index (χ1) is 16.6. The predicted octanol–water partition coefficient (Wildman–Crippen LogP) is 7.61. The van der Waals surface area contributed by atoms with Gasteiger partial charge in [-0.3, -0.25) is 5.01 Å². The average Bonchev–Trinajstić information content (AvgIpc) is 3.23. The minimum atomic E-state index is 0.147. The molecule has 0 N–H and O–H groups in total. The Morgan fingerprint density at radius 3 is 2.47 bits per heavy atom. The predicted molar refractivity (Wildman–Crippen MR) is 144 cm³/mol. The third-order valence-electron chi connectivity index (χ3n) is 7.61. The van der Waals surface area contributed by atoms with E-state index in [2.05, 4.69) is 79.7 Å². The number of hydrogen-bond donors (Lipinski definition) is 0. The van der Waals surface area contributed by atoms with Crippen molar-refractivity contribution in [2.24, 2.45) is 16.9 Å². The number of nitrogens with zero attached hydrogens (tertiary/aromatic N) is 2. The standard InChI is InChI=1S/C31H40N2O/c1-5-29-30(27-15-10-16-28(21-27)34-4)31(26-13-7-6-8-14-26)32-33(29)22-25-19-17-24(18-20-25)12-9-11-23(2)3/h5-8,10,13-16,21,24-25,29-30H,1-2,9,11-12,17-20,22H2,3-4H3. The molecule has 3 heteroatoms. The maximum Gasteiger partial charge on any atom is 0.119 e. The minimum Gasteiger partial charge on any atom is -0.497 e. The normalized spacial score (nSPS) is 24.5. The van der Waals surface area contributed by atoms with Gasteiger partial charge < -0.3 is 4.74 Å². The van der Waals surface area contributed by atoms with E-state index in [4.69, 9.17) is 9.84 Å². The fourth-order valence-corrected chi connectivity index (χ4v) is 5.72. The van der Waals surface area contributed by atoms with E-state index in [1.807, 2.05) is 6.07 Å². The van der Waals surface area contributed by atoms with Gasteiger partial charge in [-0.05, 0) is 67.7 Å². The van der Waals surface area contributed by atoms with E-state index in [0.29, 0.717) is 5.92 Å². The van der Waals surface area contributed by atoms with Crippen LogP contribution in [-0.2, 0) is 0 Å². The van der Waals surface area contributed by atoms with Crippen LogP contribution in [0.1, 0.15) is 68.9 Å². The Balaban J connectivity index is 1.49. The van der Waals surface area contributed by atoms with E-state index < -0.39 is 0 Å². The quantitative estimate of drug-likeness (QED) is 0.344. The minimum absolute atomic E-state index is 0.147. The molecule has 180 valence electrons. The van der Waals surface area contributed by atoms with Crippen molar-refractivity contribution in [3.05, 3.63) is 90.5 Å². The molecule has 1 aliphatic carbocycles. The Labute approximate surface area is 206 Å². The highest BCUT2D eigenvalue weighted by molar-refractivity contribution is 6.06. The first kappa shape index (κ1) is 24.3. The molecule has 0 amide bonds. The number of allylic oxidation sites excluding steroid dienone is 1. The summed E-state index contributed by atoms with van der Waals surface area (Å²) in [5.74, 6) is 2.62. The van der Waals surface area contributed by atoms with Crippen molar-refractivity contribution in [2.75, 3.05) is 13.7 Å². The van der Waals surface area contributed by atoms with E-state index in [-0.39, 0.29) is 12.0 Å². The maximum atomic E-state index is 5.54. The molecule has 1 aliphatic heterocycles. The molecule has 3 nitrogen and oxygen atoms in total. The molecule has 2 atom stereocenters. The van der Waals surface area contributed by atoms with Gasteiger partial charge >= 0.3 is 0 Å². The number of hydrazone groups is 1. The van der Waals surface area contributed by atoms with Crippen LogP contribution in [0.4, 0.5) is 0 Å². The summed E-state index contributed by atoms with van der Waals surface area (Å²) in [4.78, 5) is 0. The zero-order valence-corrected chi connectivity index (χ0v) is 21.0. The molecule has 2 aliphatic rings. The zero-order valence-electron chi connectivity index (χ0n) is 21.0. The summed E-state index contributed by atoms with van der Waals surface area (Å²) in [6.07, 6.45) is 11.2. The van der Waals surface area contributed by atoms with Crippen LogP contribution in [0.5, 0.6) is 5.75 Å². The zero-order chi connectivity index (χ0) is 23.9. The summed E-state index contributed by atoms with van der Waals surface area (Å²) >= 11 is 0. The molecule has 1 heterocycles. The van der Waals surface area contributed by atoms with Gasteiger partial charge in [0.2, 0.25) is 0 Å². The lowest BCUT2D eigenvalue weighted by molar-refractivity contribution is 0.166. The Morgan fingerprint density at radius 1 is 1.06 bits per heavy atom. The van der Waals surface area contributed by atoms with Crippen molar-refractivity contribution in [1.82, 2.24) is 5.01 Å². The summed E-state index contributed by atoms with van der Waals surface area (Å²) < 4.78 is 5.54. The molecule has 0 spiro atoms. The monoisotopic (exact) mass is 456 g/mol. The lowest BCUT2D eigenvalue weighted by atomic mass is 9.79. The summed E-state index contributed by atoms with van der Waals surface area (Å²) in [5.41, 5.74) is 4.87. The van der Waals surface area contributed by atoms with Crippen LogP contribution < -0.4 is 4.74 Å². The van der Waals surface area contributed by atoms with Crippen LogP contribution in [0.2, 0.25) is 0 Å². The number of ether oxygens (including phenoxy) is 1. The third kappa shape index (κ3) is 5.81. The maximum absolute atomic E-state index is 5.54. The molecule has 2 unspecified atom stereocenters. The lowest BCUT2D eigenvalue weighted by Crippen LogP contribution is -2.35. The smallest absolute Gasteiger partial charge is 0.119 e. The van der Waals surface area contributed by atoms with Gasteiger partial charge in [-0.15, -0.1) is 13.2 Å². The Bertz CT molecular complexity index is 988. The van der Waals surface area contributed by atoms with Crippen molar-refractivity contribution in [2.45, 2.75) is 63.8 Å². The fourth-order valence-electron chi connectivity index (χ4n) is 5.72. The molecule has 0 bridgehead atoms. The average molecular weight is 457 g/mol. The van der Waals surface area contributed by atoms with Crippen LogP contribution in [0.15, 0.2) is 84.5 Å². The van der Waals surface area contributed by atoms with E-state index in [0.717, 1.165) is 23.9 Å². The number of benzene rings is 2. The highest BCUT2D eigenvalue weighted by Crippen LogP contribution is 2.39. The van der Waals surface area contributed by atoms with Gasteiger partial charge in [0.25, 0.3) is 0 Å². The molecule has 0 saturated heterocycles. The van der Waals surface area contributed by atoms with Crippen molar-refractivity contribution in [3.63, 3.8) is 0 Å². The van der Waals surface area contributed by atoms with Crippen LogP contribution >= 0.6 is 0 Å². The fraction of sp³-hybridized carbons (Fsp3) is 0.452. The second-order valence-electron chi connectivity index (χ2n) is 10.2. The van der Waals surface area contributed by atoms with E-state index >= 15 is 0 Å². The molecule has 0 radical (unpaired) electrons. The van der Waals surface area contributed by atoms with Gasteiger partial charge in [0.1, 0.15) is 5.75 Å². The first-order valence-electron chi connectivity index (χ1n) is 12.9. The van der Waals surface area contributed by atoms with Crippen LogP contribution in [0.25, 0.3) is 0 Å². The Hall–Kier alpha value is -2.81. The van der Waals surface area contributed by atoms with Crippen molar-refractivity contribution in [3.8, 4) is 5.75 Å². The van der Waals surface area contributed by atoms with Crippen LogP contribution in [-0.4, -0.2) is 30.4 Å². The van der Waals surface area contributed by atoms with E-state index in [1.54, 1.807) is 7.11 Å². The Kier molecular flexibility index (Phi) is 8.26. The molecular formula is C31H40N2O. The number of methoxy groups -OCH3 is 1.